The Hall–Kier alpha value is -3.87. The van der Waals surface area contributed by atoms with Crippen LogP contribution >= 0.6 is 0 Å². The van der Waals surface area contributed by atoms with Gasteiger partial charge in [-0.25, -0.2) is 0 Å². The zero-order valence-corrected chi connectivity index (χ0v) is 20.2. The Morgan fingerprint density at radius 2 is 1.74 bits per heavy atom. The summed E-state index contributed by atoms with van der Waals surface area (Å²) < 4.78 is 17.0. The summed E-state index contributed by atoms with van der Waals surface area (Å²) in [7, 11) is 2.85. The van der Waals surface area contributed by atoms with Gasteiger partial charge in [-0.1, -0.05) is 37.6 Å². The average molecular weight is 467 g/mol. The number of rotatable bonds is 7. The van der Waals surface area contributed by atoms with Crippen LogP contribution in [0.1, 0.15) is 38.8 Å². The van der Waals surface area contributed by atoms with Crippen molar-refractivity contribution in [3.05, 3.63) is 57.3 Å². The summed E-state index contributed by atoms with van der Waals surface area (Å²) in [6, 6.07) is 4.00. The maximum absolute atomic E-state index is 13.7. The molecule has 0 fully saturated rings. The van der Waals surface area contributed by atoms with Gasteiger partial charge in [-0.15, -0.1) is 0 Å². The minimum absolute atomic E-state index is 0.0161. The lowest BCUT2D eigenvalue weighted by molar-refractivity contribution is 0.398. The Labute approximate surface area is 198 Å². The Morgan fingerprint density at radius 3 is 2.32 bits per heavy atom. The van der Waals surface area contributed by atoms with E-state index < -0.39 is 5.43 Å². The van der Waals surface area contributed by atoms with Crippen molar-refractivity contribution < 1.29 is 29.2 Å². The zero-order valence-electron chi connectivity index (χ0n) is 20.2. The van der Waals surface area contributed by atoms with Gasteiger partial charge in [0.1, 0.15) is 51.0 Å². The molecule has 3 rings (SSSR count). The molecule has 34 heavy (non-hydrogen) atoms. The van der Waals surface area contributed by atoms with Crippen molar-refractivity contribution in [3.63, 3.8) is 0 Å². The summed E-state index contributed by atoms with van der Waals surface area (Å²) >= 11 is 0. The fourth-order valence-electron chi connectivity index (χ4n) is 3.65. The van der Waals surface area contributed by atoms with E-state index in [9.17, 15) is 20.1 Å². The largest absolute Gasteiger partial charge is 0.508 e. The maximum Gasteiger partial charge on any atom is 0.200 e. The zero-order chi connectivity index (χ0) is 25.2. The monoisotopic (exact) mass is 466 g/mol. The van der Waals surface area contributed by atoms with Crippen molar-refractivity contribution in [2.45, 2.75) is 34.1 Å². The van der Waals surface area contributed by atoms with E-state index in [1.807, 2.05) is 39.8 Å². The fourth-order valence-corrected chi connectivity index (χ4v) is 3.65. The smallest absolute Gasteiger partial charge is 0.200 e. The van der Waals surface area contributed by atoms with Crippen LogP contribution in [0.3, 0.4) is 0 Å². The lowest BCUT2D eigenvalue weighted by Gasteiger charge is -2.16. The third-order valence-electron chi connectivity index (χ3n) is 5.35. The number of hydrogen-bond acceptors (Lipinski definition) is 7. The summed E-state index contributed by atoms with van der Waals surface area (Å²) in [5.41, 5.74) is 1.36. The van der Waals surface area contributed by atoms with E-state index in [-0.39, 0.29) is 63.2 Å². The van der Waals surface area contributed by atoms with E-state index in [2.05, 4.69) is 0 Å². The van der Waals surface area contributed by atoms with Crippen LogP contribution in [0.15, 0.2) is 45.1 Å². The second-order valence-corrected chi connectivity index (χ2v) is 8.58. The average Bonchev–Trinajstić information content (AvgIpc) is 2.76. The van der Waals surface area contributed by atoms with E-state index in [0.717, 1.165) is 11.6 Å². The second-order valence-electron chi connectivity index (χ2n) is 8.58. The van der Waals surface area contributed by atoms with E-state index in [1.54, 1.807) is 6.08 Å². The van der Waals surface area contributed by atoms with Crippen LogP contribution in [0.4, 0.5) is 0 Å². The Kier molecular flexibility index (Phi) is 7.25. The van der Waals surface area contributed by atoms with Crippen molar-refractivity contribution in [3.8, 4) is 40.1 Å². The molecule has 0 aliphatic rings. The highest BCUT2D eigenvalue weighted by molar-refractivity contribution is 5.92. The highest BCUT2D eigenvalue weighted by atomic mass is 16.5. The predicted octanol–water partition coefficient (Wildman–Crippen LogP) is 5.77. The molecule has 3 N–H and O–H groups in total. The van der Waals surface area contributed by atoms with Crippen molar-refractivity contribution in [1.82, 2.24) is 0 Å². The van der Waals surface area contributed by atoms with Gasteiger partial charge in [-0.2, -0.15) is 0 Å². The topological polar surface area (TPSA) is 109 Å². The molecule has 3 aromatic rings. The quantitative estimate of drug-likeness (QED) is 0.379. The second kappa shape index (κ2) is 9.95. The summed E-state index contributed by atoms with van der Waals surface area (Å²) in [6.45, 7) is 7.80. The fraction of sp³-hybridized carbons (Fsp3) is 0.296. The van der Waals surface area contributed by atoms with Crippen molar-refractivity contribution >= 4 is 17.0 Å². The molecule has 0 atom stereocenters. The molecule has 0 bridgehead atoms. The lowest BCUT2D eigenvalue weighted by atomic mass is 9.98. The van der Waals surface area contributed by atoms with Gasteiger partial charge in [-0.05, 0) is 26.2 Å². The summed E-state index contributed by atoms with van der Waals surface area (Å²) in [5.74, 6) is -0.000518. The molecule has 0 unspecified atom stereocenters. The molecular formula is C27H30O7. The number of aromatic hydroxyl groups is 3. The van der Waals surface area contributed by atoms with Gasteiger partial charge in [0.25, 0.3) is 0 Å². The van der Waals surface area contributed by atoms with Crippen LogP contribution < -0.4 is 14.9 Å². The molecular weight excluding hydrogens is 436 g/mol. The minimum atomic E-state index is -0.442. The molecule has 0 radical (unpaired) electrons. The predicted molar refractivity (Wildman–Crippen MR) is 133 cm³/mol. The Morgan fingerprint density at radius 1 is 1.06 bits per heavy atom. The third-order valence-corrected chi connectivity index (χ3v) is 5.35. The van der Waals surface area contributed by atoms with Gasteiger partial charge in [0.15, 0.2) is 0 Å². The molecule has 0 aliphatic carbocycles. The maximum atomic E-state index is 13.7. The van der Waals surface area contributed by atoms with Crippen LogP contribution in [0.25, 0.3) is 28.4 Å². The molecule has 1 aromatic heterocycles. The number of fused-ring (bicyclic) bond motifs is 1. The third kappa shape index (κ3) is 4.73. The minimum Gasteiger partial charge on any atom is -0.508 e. The molecule has 1 heterocycles. The van der Waals surface area contributed by atoms with Crippen molar-refractivity contribution in [2.75, 3.05) is 14.2 Å². The first-order valence-corrected chi connectivity index (χ1v) is 10.9. The molecule has 7 heteroatoms. The first-order valence-electron chi connectivity index (χ1n) is 10.9. The number of allylic oxidation sites excluding steroid dienone is 3. The summed E-state index contributed by atoms with van der Waals surface area (Å²) in [5, 5.41) is 31.6. The Balaban J connectivity index is 2.48. The van der Waals surface area contributed by atoms with Gasteiger partial charge >= 0.3 is 0 Å². The van der Waals surface area contributed by atoms with Crippen molar-refractivity contribution in [2.24, 2.45) is 5.92 Å². The number of phenols is 3. The summed E-state index contributed by atoms with van der Waals surface area (Å²) in [6.07, 6.45) is 5.66. The first kappa shape index (κ1) is 24.8. The van der Waals surface area contributed by atoms with E-state index in [1.165, 1.54) is 26.4 Å². The van der Waals surface area contributed by atoms with Crippen LogP contribution in [-0.2, 0) is 6.42 Å². The first-order chi connectivity index (χ1) is 16.1. The summed E-state index contributed by atoms with van der Waals surface area (Å²) in [4.78, 5) is 13.7. The van der Waals surface area contributed by atoms with Crippen LogP contribution in [-0.4, -0.2) is 29.5 Å². The van der Waals surface area contributed by atoms with E-state index in [0.29, 0.717) is 11.3 Å². The van der Waals surface area contributed by atoms with Gasteiger partial charge in [0.2, 0.25) is 5.43 Å². The molecule has 7 nitrogen and oxygen atoms in total. The Bertz CT molecular complexity index is 1340. The van der Waals surface area contributed by atoms with E-state index >= 15 is 0 Å². The number of ether oxygens (including phenoxy) is 2. The van der Waals surface area contributed by atoms with Crippen LogP contribution in [0.2, 0.25) is 0 Å². The SMILES string of the molecule is COc1cc2oc(-c3c(O)cc(O)cc3OC)c(CC=C(C)C)c(=O)c2c(O)c1C=CC(C)C. The van der Waals surface area contributed by atoms with Crippen LogP contribution in [0.5, 0.6) is 28.7 Å². The molecule has 0 aliphatic heterocycles. The molecule has 180 valence electrons. The molecule has 0 spiro atoms. The number of hydrogen-bond donors (Lipinski definition) is 3. The normalized spacial score (nSPS) is 11.4. The number of methoxy groups -OCH3 is 2. The van der Waals surface area contributed by atoms with Gasteiger partial charge in [-0.3, -0.25) is 4.79 Å². The standard InChI is InChI=1S/C27H30O7/c1-14(2)7-9-17-20(32-5)13-22-24(25(17)30)26(31)18(10-8-15(3)4)27(34-22)23-19(29)11-16(28)12-21(23)33-6/h7-9,11-14,28-30H,10H2,1-6H3. The molecule has 0 amide bonds. The molecule has 0 saturated heterocycles. The van der Waals surface area contributed by atoms with E-state index in [4.69, 9.17) is 13.9 Å². The highest BCUT2D eigenvalue weighted by Gasteiger charge is 2.25. The highest BCUT2D eigenvalue weighted by Crippen LogP contribution is 2.44. The van der Waals surface area contributed by atoms with Gasteiger partial charge in [0.05, 0.1) is 19.8 Å². The molecule has 0 saturated carbocycles. The van der Waals surface area contributed by atoms with Gasteiger partial charge < -0.3 is 29.2 Å². The number of phenolic OH excluding ortho intramolecular Hbond substituents is 3. The molecule has 2 aromatic carbocycles. The number of benzene rings is 2. The van der Waals surface area contributed by atoms with Crippen LogP contribution in [0, 0.1) is 5.92 Å². The van der Waals surface area contributed by atoms with Gasteiger partial charge in [0, 0.05) is 23.8 Å². The lowest BCUT2D eigenvalue weighted by Crippen LogP contribution is -2.12. The van der Waals surface area contributed by atoms with Crippen molar-refractivity contribution in [1.29, 1.82) is 0 Å².